The third-order valence-corrected chi connectivity index (χ3v) is 6.85. The lowest BCUT2D eigenvalue weighted by molar-refractivity contribution is 0.0984. The molecule has 0 bridgehead atoms. The Kier molecular flexibility index (Phi) is 6.62. The minimum absolute atomic E-state index is 0.0969. The van der Waals surface area contributed by atoms with E-state index in [4.69, 9.17) is 9.72 Å². The second-order valence-corrected chi connectivity index (χ2v) is 8.48. The minimum atomic E-state index is -0.0969. The van der Waals surface area contributed by atoms with E-state index in [1.54, 1.807) is 30.5 Å². The first-order chi connectivity index (χ1) is 15.5. The lowest BCUT2D eigenvalue weighted by Gasteiger charge is -2.24. The van der Waals surface area contributed by atoms with Crippen LogP contribution in [0.1, 0.15) is 29.8 Å². The maximum Gasteiger partial charge on any atom is 0.260 e. The molecule has 7 nitrogen and oxygen atoms in total. The van der Waals surface area contributed by atoms with Crippen LogP contribution in [0.15, 0.2) is 42.7 Å². The number of anilines is 1. The number of methoxy groups -OCH3 is 1. The molecule has 2 aromatic heterocycles. The van der Waals surface area contributed by atoms with Crippen molar-refractivity contribution in [3.8, 4) is 5.75 Å². The van der Waals surface area contributed by atoms with Crippen LogP contribution >= 0.6 is 11.3 Å². The molecule has 4 rings (SSSR count). The van der Waals surface area contributed by atoms with E-state index in [9.17, 15) is 4.79 Å². The average Bonchev–Trinajstić information content (AvgIpc) is 3.27. The quantitative estimate of drug-likeness (QED) is 0.393. The molecule has 0 aliphatic carbocycles. The normalized spacial score (nSPS) is 11.4. The standard InChI is InChI=1S/C24H27N5O2S/c1-5-28(6-2)13-14-29(23(30)17-8-9-18-19(15-17)26-12-11-25-18)24-27-21-20(31-4)10-7-16(3)22(21)32-24/h7-12,15H,5-6,13-14H2,1-4H3. The van der Waals surface area contributed by atoms with Crippen LogP contribution in [0.5, 0.6) is 5.75 Å². The van der Waals surface area contributed by atoms with Crippen molar-refractivity contribution < 1.29 is 9.53 Å². The van der Waals surface area contributed by atoms with Gasteiger partial charge in [0.05, 0.1) is 22.8 Å². The number of likely N-dealkylation sites (N-methyl/N-ethyl adjacent to an activating group) is 1. The second kappa shape index (κ2) is 9.58. The van der Waals surface area contributed by atoms with Crippen molar-refractivity contribution >= 4 is 43.6 Å². The summed E-state index contributed by atoms with van der Waals surface area (Å²) in [5.41, 5.74) is 3.93. The van der Waals surface area contributed by atoms with E-state index in [0.29, 0.717) is 28.5 Å². The molecule has 0 fully saturated rings. The van der Waals surface area contributed by atoms with E-state index in [0.717, 1.165) is 40.9 Å². The third-order valence-electron chi connectivity index (χ3n) is 5.64. The zero-order chi connectivity index (χ0) is 22.7. The van der Waals surface area contributed by atoms with Crippen LogP contribution in [0.25, 0.3) is 21.3 Å². The van der Waals surface area contributed by atoms with Crippen molar-refractivity contribution in [3.63, 3.8) is 0 Å². The maximum atomic E-state index is 13.7. The van der Waals surface area contributed by atoms with Crippen LogP contribution in [-0.2, 0) is 0 Å². The summed E-state index contributed by atoms with van der Waals surface area (Å²) in [7, 11) is 1.64. The number of hydrogen-bond acceptors (Lipinski definition) is 7. The van der Waals surface area contributed by atoms with Gasteiger partial charge in [0.15, 0.2) is 5.13 Å². The summed E-state index contributed by atoms with van der Waals surface area (Å²) in [5, 5.41) is 0.670. The second-order valence-electron chi connectivity index (χ2n) is 7.50. The number of amides is 1. The van der Waals surface area contributed by atoms with Gasteiger partial charge in [-0.15, -0.1) is 0 Å². The number of hydrogen-bond donors (Lipinski definition) is 0. The van der Waals surface area contributed by atoms with Gasteiger partial charge in [0.1, 0.15) is 11.3 Å². The number of fused-ring (bicyclic) bond motifs is 2. The van der Waals surface area contributed by atoms with Gasteiger partial charge >= 0.3 is 0 Å². The maximum absolute atomic E-state index is 13.7. The summed E-state index contributed by atoms with van der Waals surface area (Å²) < 4.78 is 6.55. The lowest BCUT2D eigenvalue weighted by atomic mass is 10.1. The average molecular weight is 450 g/mol. The molecule has 0 saturated carbocycles. The lowest BCUT2D eigenvalue weighted by Crippen LogP contribution is -2.38. The van der Waals surface area contributed by atoms with Crippen LogP contribution in [0.3, 0.4) is 0 Å². The molecule has 166 valence electrons. The Balaban J connectivity index is 1.76. The number of carbonyl (C=O) groups is 1. The van der Waals surface area contributed by atoms with Gasteiger partial charge in [0.25, 0.3) is 5.91 Å². The first-order valence-corrected chi connectivity index (χ1v) is 11.6. The number of aromatic nitrogens is 3. The SMILES string of the molecule is CCN(CC)CCN(C(=O)c1ccc2nccnc2c1)c1nc2c(OC)ccc(C)c2s1. The Morgan fingerprint density at radius 3 is 2.50 bits per heavy atom. The molecule has 1 amide bonds. The van der Waals surface area contributed by atoms with Crippen molar-refractivity contribution in [3.05, 3.63) is 53.9 Å². The number of aryl methyl sites for hydroxylation is 1. The zero-order valence-corrected chi connectivity index (χ0v) is 19.6. The highest BCUT2D eigenvalue weighted by molar-refractivity contribution is 7.22. The van der Waals surface area contributed by atoms with E-state index < -0.39 is 0 Å². The molecular formula is C24H27N5O2S. The van der Waals surface area contributed by atoms with Crippen molar-refractivity contribution in [2.75, 3.05) is 38.2 Å². The van der Waals surface area contributed by atoms with Gasteiger partial charge in [-0.2, -0.15) is 0 Å². The fourth-order valence-corrected chi connectivity index (χ4v) is 4.77. The molecule has 0 aliphatic rings. The van der Waals surface area contributed by atoms with E-state index >= 15 is 0 Å². The van der Waals surface area contributed by atoms with Crippen molar-refractivity contribution in [2.45, 2.75) is 20.8 Å². The van der Waals surface area contributed by atoms with Gasteiger partial charge in [-0.3, -0.25) is 19.7 Å². The fourth-order valence-electron chi connectivity index (χ4n) is 3.70. The van der Waals surface area contributed by atoms with Gasteiger partial charge in [-0.05, 0) is 49.8 Å². The first kappa shape index (κ1) is 22.1. The number of nitrogens with zero attached hydrogens (tertiary/aromatic N) is 5. The largest absolute Gasteiger partial charge is 0.494 e. The van der Waals surface area contributed by atoms with Crippen molar-refractivity contribution in [1.82, 2.24) is 19.9 Å². The number of rotatable bonds is 8. The van der Waals surface area contributed by atoms with Crippen molar-refractivity contribution in [1.29, 1.82) is 0 Å². The van der Waals surface area contributed by atoms with E-state index in [1.165, 1.54) is 11.3 Å². The molecule has 2 heterocycles. The molecule has 0 atom stereocenters. The van der Waals surface area contributed by atoms with Crippen LogP contribution in [-0.4, -0.2) is 59.0 Å². The predicted octanol–water partition coefficient (Wildman–Crippen LogP) is 4.55. The molecule has 0 N–H and O–H groups in total. The van der Waals surface area contributed by atoms with Gasteiger partial charge in [-0.1, -0.05) is 31.3 Å². The highest BCUT2D eigenvalue weighted by Gasteiger charge is 2.23. The summed E-state index contributed by atoms with van der Waals surface area (Å²) in [6, 6.07) is 9.39. The third kappa shape index (κ3) is 4.28. The van der Waals surface area contributed by atoms with Gasteiger partial charge in [-0.25, -0.2) is 4.98 Å². The summed E-state index contributed by atoms with van der Waals surface area (Å²) in [6.45, 7) is 9.47. The molecule has 32 heavy (non-hydrogen) atoms. The van der Waals surface area contributed by atoms with E-state index in [-0.39, 0.29) is 5.91 Å². The zero-order valence-electron chi connectivity index (χ0n) is 18.8. The Labute approximate surface area is 191 Å². The highest BCUT2D eigenvalue weighted by atomic mass is 32.1. The Hall–Kier alpha value is -3.10. The van der Waals surface area contributed by atoms with E-state index in [1.807, 2.05) is 31.2 Å². The first-order valence-electron chi connectivity index (χ1n) is 10.7. The van der Waals surface area contributed by atoms with Crippen LogP contribution in [0.4, 0.5) is 5.13 Å². The molecule has 0 spiro atoms. The monoisotopic (exact) mass is 449 g/mol. The van der Waals surface area contributed by atoms with Gasteiger partial charge < -0.3 is 9.64 Å². The number of thiazole rings is 1. The van der Waals surface area contributed by atoms with Crippen molar-refractivity contribution in [2.24, 2.45) is 0 Å². The van der Waals surface area contributed by atoms with Crippen LogP contribution < -0.4 is 9.64 Å². The molecule has 0 saturated heterocycles. The topological polar surface area (TPSA) is 71.5 Å². The molecular weight excluding hydrogens is 422 g/mol. The predicted molar refractivity (Wildman–Crippen MR) is 130 cm³/mol. The summed E-state index contributed by atoms with van der Waals surface area (Å²) in [4.78, 5) is 31.3. The Morgan fingerprint density at radius 2 is 1.78 bits per heavy atom. The minimum Gasteiger partial charge on any atom is -0.494 e. The van der Waals surface area contributed by atoms with Gasteiger partial charge in [0.2, 0.25) is 0 Å². The summed E-state index contributed by atoms with van der Waals surface area (Å²) in [6.07, 6.45) is 3.29. The van der Waals surface area contributed by atoms with E-state index in [2.05, 4.69) is 28.7 Å². The summed E-state index contributed by atoms with van der Waals surface area (Å²) >= 11 is 1.52. The number of ether oxygens (including phenoxy) is 1. The number of carbonyl (C=O) groups excluding carboxylic acids is 1. The molecule has 2 aromatic carbocycles. The molecule has 8 heteroatoms. The number of benzene rings is 2. The van der Waals surface area contributed by atoms with Crippen LogP contribution in [0, 0.1) is 6.92 Å². The van der Waals surface area contributed by atoms with Gasteiger partial charge in [0, 0.05) is 31.0 Å². The fraction of sp³-hybridized carbons (Fsp3) is 0.333. The molecule has 0 aliphatic heterocycles. The highest BCUT2D eigenvalue weighted by Crippen LogP contribution is 2.36. The molecule has 0 unspecified atom stereocenters. The Morgan fingerprint density at radius 1 is 1.03 bits per heavy atom. The van der Waals surface area contributed by atoms with Crippen LogP contribution in [0.2, 0.25) is 0 Å². The summed E-state index contributed by atoms with van der Waals surface area (Å²) in [5.74, 6) is 0.616. The smallest absolute Gasteiger partial charge is 0.260 e. The molecule has 4 aromatic rings. The Bertz CT molecular complexity index is 1250. The molecule has 0 radical (unpaired) electrons.